The van der Waals surface area contributed by atoms with Gasteiger partial charge in [0.2, 0.25) is 0 Å². The number of hydrogen-bond acceptors (Lipinski definition) is 5. The van der Waals surface area contributed by atoms with E-state index in [1.807, 2.05) is 48.5 Å². The second-order valence-corrected chi connectivity index (χ2v) is 26.7. The molecule has 0 aliphatic heterocycles. The molecule has 0 atom stereocenters. The Morgan fingerprint density at radius 1 is 0.565 bits per heavy atom. The molecule has 0 saturated heterocycles. The summed E-state index contributed by atoms with van der Waals surface area (Å²) in [4.78, 5) is 13.2. The summed E-state index contributed by atoms with van der Waals surface area (Å²) in [6, 6.07) is 15.3. The van der Waals surface area contributed by atoms with Crippen molar-refractivity contribution in [2.24, 2.45) is 11.8 Å². The quantitative estimate of drug-likeness (QED) is 0.167. The standard InChI is InChI=1S/C39H62O5Si2/c1-38(2,3)45(7,8)41-27-29-11-19-33(20-12-29)43-35-23-15-31(16-24-35)37(40)32-17-25-36(26-18-32)44-34-21-13-30(14-22-34)28-42-46(9,10)39(4,5)6/h15-18,23-26,29-30,33-34H,11-14,19-22,27-28H2,1-10H3. The van der Waals surface area contributed by atoms with Crippen LogP contribution in [-0.4, -0.2) is 47.8 Å². The highest BCUT2D eigenvalue weighted by atomic mass is 28.4. The van der Waals surface area contributed by atoms with Crippen molar-refractivity contribution in [3.05, 3.63) is 59.7 Å². The number of hydrogen-bond donors (Lipinski definition) is 0. The molecule has 4 rings (SSSR count). The molecule has 0 spiro atoms. The van der Waals surface area contributed by atoms with Crippen molar-refractivity contribution < 1.29 is 23.1 Å². The van der Waals surface area contributed by atoms with Crippen LogP contribution in [0.4, 0.5) is 0 Å². The van der Waals surface area contributed by atoms with E-state index in [0.717, 1.165) is 76.1 Å². The molecule has 0 aromatic heterocycles. The van der Waals surface area contributed by atoms with Crippen LogP contribution in [0.2, 0.25) is 36.3 Å². The predicted octanol–water partition coefficient (Wildman–Crippen LogP) is 10.8. The van der Waals surface area contributed by atoms with Gasteiger partial charge in [0.1, 0.15) is 11.5 Å². The third kappa shape index (κ3) is 10.0. The second kappa shape index (κ2) is 15.1. The van der Waals surface area contributed by atoms with Gasteiger partial charge in [-0.1, -0.05) is 41.5 Å². The maximum atomic E-state index is 13.2. The minimum Gasteiger partial charge on any atom is -0.490 e. The Bertz CT molecular complexity index is 1140. The maximum absolute atomic E-state index is 13.2. The van der Waals surface area contributed by atoms with Crippen LogP contribution in [0.15, 0.2) is 48.5 Å². The van der Waals surface area contributed by atoms with Crippen molar-refractivity contribution in [2.45, 2.75) is 141 Å². The topological polar surface area (TPSA) is 54.0 Å². The normalized spacial score (nSPS) is 23.2. The third-order valence-electron chi connectivity index (χ3n) is 11.4. The molecule has 2 fully saturated rings. The van der Waals surface area contributed by atoms with Gasteiger partial charge in [0.15, 0.2) is 22.4 Å². The molecule has 7 heteroatoms. The molecule has 2 aromatic rings. The fourth-order valence-corrected chi connectivity index (χ4v) is 8.01. The zero-order valence-corrected chi connectivity index (χ0v) is 32.5. The van der Waals surface area contributed by atoms with E-state index in [9.17, 15) is 4.79 Å². The molecular weight excluding hydrogens is 605 g/mol. The largest absolute Gasteiger partial charge is 0.490 e. The lowest BCUT2D eigenvalue weighted by atomic mass is 9.88. The number of carbonyl (C=O) groups is 1. The van der Waals surface area contributed by atoms with Crippen LogP contribution in [0.1, 0.15) is 109 Å². The highest BCUT2D eigenvalue weighted by Gasteiger charge is 2.39. The smallest absolute Gasteiger partial charge is 0.193 e. The number of ketones is 1. The van der Waals surface area contributed by atoms with Gasteiger partial charge in [0, 0.05) is 24.3 Å². The number of benzene rings is 2. The summed E-state index contributed by atoms with van der Waals surface area (Å²) in [5.41, 5.74) is 1.34. The van der Waals surface area contributed by atoms with Gasteiger partial charge in [-0.2, -0.15) is 0 Å². The van der Waals surface area contributed by atoms with Gasteiger partial charge in [-0.15, -0.1) is 0 Å². The highest BCUT2D eigenvalue weighted by molar-refractivity contribution is 6.74. The molecule has 0 radical (unpaired) electrons. The third-order valence-corrected chi connectivity index (χ3v) is 20.4. The van der Waals surface area contributed by atoms with Gasteiger partial charge in [-0.25, -0.2) is 0 Å². The molecule has 5 nitrogen and oxygen atoms in total. The summed E-state index contributed by atoms with van der Waals surface area (Å²) >= 11 is 0. The Labute approximate surface area is 282 Å². The van der Waals surface area contributed by atoms with E-state index in [0.29, 0.717) is 23.0 Å². The summed E-state index contributed by atoms with van der Waals surface area (Å²) in [6.07, 6.45) is 9.22. The van der Waals surface area contributed by atoms with Crippen LogP contribution in [-0.2, 0) is 8.85 Å². The highest BCUT2D eigenvalue weighted by Crippen LogP contribution is 2.39. The lowest BCUT2D eigenvalue weighted by molar-refractivity contribution is 0.103. The first-order valence-corrected chi connectivity index (χ1v) is 23.6. The van der Waals surface area contributed by atoms with Gasteiger partial charge in [-0.05, 0) is 148 Å². The van der Waals surface area contributed by atoms with E-state index in [-0.39, 0.29) is 28.1 Å². The molecule has 256 valence electrons. The summed E-state index contributed by atoms with van der Waals surface area (Å²) in [6.45, 7) is 24.9. The Kier molecular flexibility index (Phi) is 12.1. The van der Waals surface area contributed by atoms with E-state index in [1.165, 1.54) is 0 Å². The maximum Gasteiger partial charge on any atom is 0.193 e. The molecule has 0 N–H and O–H groups in total. The molecule has 2 aromatic carbocycles. The van der Waals surface area contributed by atoms with Crippen LogP contribution in [0.3, 0.4) is 0 Å². The first-order valence-electron chi connectivity index (χ1n) is 17.8. The van der Waals surface area contributed by atoms with Gasteiger partial charge in [0.05, 0.1) is 12.2 Å². The summed E-state index contributed by atoms with van der Waals surface area (Å²) in [5, 5.41) is 0.499. The SMILES string of the molecule is CC(C)(C)[Si](C)(C)OCC1CCC(Oc2ccc(C(=O)c3ccc(OC4CCC(CO[Si](C)(C)C(C)(C)C)CC4)cc3)cc2)CC1. The van der Waals surface area contributed by atoms with Crippen molar-refractivity contribution in [3.63, 3.8) is 0 Å². The Balaban J connectivity index is 1.18. The number of carbonyl (C=O) groups excluding carboxylic acids is 1. The van der Waals surface area contributed by atoms with Crippen molar-refractivity contribution in [3.8, 4) is 11.5 Å². The molecule has 2 aliphatic rings. The number of rotatable bonds is 12. The van der Waals surface area contributed by atoms with Crippen LogP contribution in [0, 0.1) is 11.8 Å². The number of ether oxygens (including phenoxy) is 2. The lowest BCUT2D eigenvalue weighted by Gasteiger charge is -2.38. The van der Waals surface area contributed by atoms with E-state index < -0.39 is 16.6 Å². The van der Waals surface area contributed by atoms with E-state index >= 15 is 0 Å². The van der Waals surface area contributed by atoms with Crippen LogP contribution in [0.5, 0.6) is 11.5 Å². The Morgan fingerprint density at radius 2 is 0.870 bits per heavy atom. The zero-order chi connectivity index (χ0) is 33.8. The Hall–Kier alpha value is -1.94. The zero-order valence-electron chi connectivity index (χ0n) is 30.5. The van der Waals surface area contributed by atoms with Gasteiger partial charge in [0.25, 0.3) is 0 Å². The van der Waals surface area contributed by atoms with Gasteiger partial charge >= 0.3 is 0 Å². The fraction of sp³-hybridized carbons (Fsp3) is 0.667. The molecule has 2 saturated carbocycles. The molecule has 2 aliphatic carbocycles. The van der Waals surface area contributed by atoms with Gasteiger partial charge in [-0.3, -0.25) is 4.79 Å². The van der Waals surface area contributed by atoms with Crippen LogP contribution < -0.4 is 9.47 Å². The van der Waals surface area contributed by atoms with Crippen LogP contribution in [0.25, 0.3) is 0 Å². The first-order chi connectivity index (χ1) is 21.4. The molecule has 0 unspecified atom stereocenters. The average Bonchev–Trinajstić information content (AvgIpc) is 3.00. The lowest BCUT2D eigenvalue weighted by Crippen LogP contribution is -2.42. The van der Waals surface area contributed by atoms with Crippen LogP contribution >= 0.6 is 0 Å². The molecule has 46 heavy (non-hydrogen) atoms. The minimum absolute atomic E-state index is 0.0163. The molecular formula is C39H62O5Si2. The first kappa shape index (κ1) is 36.9. The van der Waals surface area contributed by atoms with E-state index in [1.54, 1.807) is 0 Å². The van der Waals surface area contributed by atoms with Crippen molar-refractivity contribution >= 4 is 22.4 Å². The van der Waals surface area contributed by atoms with Gasteiger partial charge < -0.3 is 18.3 Å². The summed E-state index contributed by atoms with van der Waals surface area (Å²) in [7, 11) is -3.40. The molecule has 0 heterocycles. The summed E-state index contributed by atoms with van der Waals surface area (Å²) in [5.74, 6) is 2.93. The van der Waals surface area contributed by atoms with Crippen molar-refractivity contribution in [1.29, 1.82) is 0 Å². The molecule has 0 bridgehead atoms. The fourth-order valence-electron chi connectivity index (χ4n) is 5.84. The van der Waals surface area contributed by atoms with Crippen molar-refractivity contribution in [1.82, 2.24) is 0 Å². The monoisotopic (exact) mass is 666 g/mol. The summed E-state index contributed by atoms with van der Waals surface area (Å²) < 4.78 is 25.6. The second-order valence-electron chi connectivity index (χ2n) is 17.0. The predicted molar refractivity (Wildman–Crippen MR) is 195 cm³/mol. The Morgan fingerprint density at radius 3 is 1.15 bits per heavy atom. The minimum atomic E-state index is -1.70. The van der Waals surface area contributed by atoms with Crippen molar-refractivity contribution in [2.75, 3.05) is 13.2 Å². The van der Waals surface area contributed by atoms with E-state index in [2.05, 4.69) is 67.7 Å². The van der Waals surface area contributed by atoms with E-state index in [4.69, 9.17) is 18.3 Å². The molecule has 0 amide bonds. The average molecular weight is 667 g/mol.